The van der Waals surface area contributed by atoms with Gasteiger partial charge >= 0.3 is 0 Å². The van der Waals surface area contributed by atoms with Gasteiger partial charge in [0.25, 0.3) is 0 Å². The summed E-state index contributed by atoms with van der Waals surface area (Å²) in [5.41, 5.74) is 5.17. The Morgan fingerprint density at radius 2 is 1.95 bits per heavy atom. The highest BCUT2D eigenvalue weighted by Gasteiger charge is 2.14. The number of nitrogens with one attached hydrogen (secondary N) is 2. The van der Waals surface area contributed by atoms with E-state index in [-0.39, 0.29) is 0 Å². The first-order valence-corrected chi connectivity index (χ1v) is 7.10. The van der Waals surface area contributed by atoms with E-state index in [1.54, 1.807) is 0 Å². The molecule has 1 aromatic carbocycles. The molecule has 104 valence electrons. The van der Waals surface area contributed by atoms with Gasteiger partial charge in [0.15, 0.2) is 5.11 Å². The van der Waals surface area contributed by atoms with Crippen LogP contribution in [0.25, 0.3) is 0 Å². The van der Waals surface area contributed by atoms with E-state index in [1.807, 2.05) is 25.1 Å². The second kappa shape index (κ2) is 6.52. The Hall–Kier alpha value is -0.880. The zero-order valence-electron chi connectivity index (χ0n) is 11.2. The Kier molecular flexibility index (Phi) is 4.99. The normalized spacial score (nSPS) is 17.2. The van der Waals surface area contributed by atoms with Gasteiger partial charge in [-0.05, 0) is 43.9 Å². The second-order valence-corrected chi connectivity index (χ2v) is 5.64. The van der Waals surface area contributed by atoms with Crippen molar-refractivity contribution in [2.45, 2.75) is 6.92 Å². The monoisotopic (exact) mass is 298 g/mol. The number of thiocarbonyl (C=S) groups is 1. The van der Waals surface area contributed by atoms with Crippen LogP contribution in [0.3, 0.4) is 0 Å². The third kappa shape index (κ3) is 4.31. The maximum Gasteiger partial charge on any atom is 0.185 e. The molecule has 1 saturated heterocycles. The Morgan fingerprint density at radius 1 is 1.26 bits per heavy atom. The highest BCUT2D eigenvalue weighted by Crippen LogP contribution is 2.19. The molecular formula is C13H19ClN4S. The lowest BCUT2D eigenvalue weighted by molar-refractivity contribution is 0.131. The van der Waals surface area contributed by atoms with Gasteiger partial charge in [-0.3, -0.25) is 5.43 Å². The lowest BCUT2D eigenvalue weighted by Crippen LogP contribution is -2.53. The van der Waals surface area contributed by atoms with Crippen LogP contribution in [-0.4, -0.2) is 48.2 Å². The van der Waals surface area contributed by atoms with Crippen molar-refractivity contribution in [3.63, 3.8) is 0 Å². The first kappa shape index (κ1) is 14.5. The summed E-state index contributed by atoms with van der Waals surface area (Å²) in [7, 11) is 2.13. The standard InChI is InChI=1S/C13H19ClN4S/c1-10-3-4-11(9-12(10)14)15-13(19)16-18-7-5-17(2)6-8-18/h3-4,9H,5-8H2,1-2H3,(H2,15,16,19). The fourth-order valence-corrected chi connectivity index (χ4v) is 2.32. The molecule has 6 heteroatoms. The topological polar surface area (TPSA) is 30.5 Å². The summed E-state index contributed by atoms with van der Waals surface area (Å²) in [5, 5.41) is 6.62. The third-order valence-electron chi connectivity index (χ3n) is 3.19. The van der Waals surface area contributed by atoms with E-state index in [0.717, 1.165) is 42.5 Å². The van der Waals surface area contributed by atoms with E-state index in [0.29, 0.717) is 5.11 Å². The molecule has 19 heavy (non-hydrogen) atoms. The second-order valence-electron chi connectivity index (χ2n) is 4.82. The van der Waals surface area contributed by atoms with Crippen molar-refractivity contribution in [3.05, 3.63) is 28.8 Å². The van der Waals surface area contributed by atoms with Crippen LogP contribution in [0.5, 0.6) is 0 Å². The van der Waals surface area contributed by atoms with E-state index >= 15 is 0 Å². The summed E-state index contributed by atoms with van der Waals surface area (Å²) in [5.74, 6) is 0. The van der Waals surface area contributed by atoms with Crippen molar-refractivity contribution >= 4 is 34.6 Å². The number of hydrogen-bond acceptors (Lipinski definition) is 3. The van der Waals surface area contributed by atoms with Crippen molar-refractivity contribution in [2.24, 2.45) is 0 Å². The summed E-state index contributed by atoms with van der Waals surface area (Å²) >= 11 is 11.4. The van der Waals surface area contributed by atoms with Gasteiger partial charge < -0.3 is 10.2 Å². The van der Waals surface area contributed by atoms with Gasteiger partial charge in [0.05, 0.1) is 0 Å². The molecule has 0 aliphatic carbocycles. The number of benzene rings is 1. The van der Waals surface area contributed by atoms with Crippen LogP contribution in [0.2, 0.25) is 5.02 Å². The number of likely N-dealkylation sites (N-methyl/N-ethyl adjacent to an activating group) is 1. The molecule has 0 spiro atoms. The lowest BCUT2D eigenvalue weighted by Gasteiger charge is -2.33. The Bertz CT molecular complexity index is 458. The molecule has 0 atom stereocenters. The van der Waals surface area contributed by atoms with Crippen LogP contribution >= 0.6 is 23.8 Å². The molecule has 2 rings (SSSR count). The van der Waals surface area contributed by atoms with Gasteiger partial charge in [0, 0.05) is 36.9 Å². The summed E-state index contributed by atoms with van der Waals surface area (Å²) in [6.07, 6.45) is 0. The van der Waals surface area contributed by atoms with Gasteiger partial charge in [-0.2, -0.15) is 0 Å². The molecule has 1 aliphatic rings. The first-order chi connectivity index (χ1) is 9.04. The van der Waals surface area contributed by atoms with Crippen LogP contribution in [0.15, 0.2) is 18.2 Å². The number of hydrogen-bond donors (Lipinski definition) is 2. The number of rotatable bonds is 2. The van der Waals surface area contributed by atoms with Gasteiger partial charge in [-0.15, -0.1) is 0 Å². The minimum Gasteiger partial charge on any atom is -0.332 e. The van der Waals surface area contributed by atoms with Gasteiger partial charge in [-0.25, -0.2) is 5.01 Å². The number of aryl methyl sites for hydroxylation is 1. The zero-order valence-corrected chi connectivity index (χ0v) is 12.8. The highest BCUT2D eigenvalue weighted by molar-refractivity contribution is 7.80. The molecule has 1 aromatic rings. The minimum absolute atomic E-state index is 0.601. The molecule has 1 aliphatic heterocycles. The minimum atomic E-state index is 0.601. The van der Waals surface area contributed by atoms with Crippen LogP contribution in [0, 0.1) is 6.92 Å². The molecule has 1 fully saturated rings. The molecule has 0 saturated carbocycles. The van der Waals surface area contributed by atoms with Gasteiger partial charge in [0.2, 0.25) is 0 Å². The summed E-state index contributed by atoms with van der Waals surface area (Å²) in [4.78, 5) is 2.30. The zero-order chi connectivity index (χ0) is 13.8. The fourth-order valence-electron chi connectivity index (χ4n) is 1.89. The van der Waals surface area contributed by atoms with E-state index in [4.69, 9.17) is 23.8 Å². The molecule has 1 heterocycles. The van der Waals surface area contributed by atoms with Crippen molar-refractivity contribution in [2.75, 3.05) is 38.5 Å². The average Bonchev–Trinajstić information content (AvgIpc) is 2.37. The highest BCUT2D eigenvalue weighted by atomic mass is 35.5. The SMILES string of the molecule is Cc1ccc(NC(=S)NN2CCN(C)CC2)cc1Cl. The van der Waals surface area contributed by atoms with E-state index < -0.39 is 0 Å². The fraction of sp³-hybridized carbons (Fsp3) is 0.462. The van der Waals surface area contributed by atoms with Crippen LogP contribution in [0.4, 0.5) is 5.69 Å². The number of anilines is 1. The predicted molar refractivity (Wildman–Crippen MR) is 84.6 cm³/mol. The van der Waals surface area contributed by atoms with Crippen LogP contribution in [-0.2, 0) is 0 Å². The van der Waals surface area contributed by atoms with Crippen molar-refractivity contribution in [1.29, 1.82) is 0 Å². The van der Waals surface area contributed by atoms with Crippen LogP contribution in [0.1, 0.15) is 5.56 Å². The van der Waals surface area contributed by atoms with E-state index in [1.165, 1.54) is 0 Å². The van der Waals surface area contributed by atoms with Crippen molar-refractivity contribution in [1.82, 2.24) is 15.3 Å². The molecular weight excluding hydrogens is 280 g/mol. The van der Waals surface area contributed by atoms with Crippen LogP contribution < -0.4 is 10.7 Å². The quantitative estimate of drug-likeness (QED) is 0.817. The molecule has 4 nitrogen and oxygen atoms in total. The third-order valence-corrected chi connectivity index (χ3v) is 3.79. The summed E-state index contributed by atoms with van der Waals surface area (Å²) in [6, 6.07) is 5.83. The largest absolute Gasteiger partial charge is 0.332 e. The Morgan fingerprint density at radius 3 is 2.58 bits per heavy atom. The molecule has 0 aromatic heterocycles. The molecule has 2 N–H and O–H groups in total. The first-order valence-electron chi connectivity index (χ1n) is 6.32. The molecule has 0 bridgehead atoms. The van der Waals surface area contributed by atoms with Gasteiger partial charge in [-0.1, -0.05) is 17.7 Å². The summed E-state index contributed by atoms with van der Waals surface area (Å²) in [6.45, 7) is 6.00. The summed E-state index contributed by atoms with van der Waals surface area (Å²) < 4.78 is 0. The van der Waals surface area contributed by atoms with Crippen molar-refractivity contribution < 1.29 is 0 Å². The Labute approximate surface area is 124 Å². The number of nitrogens with zero attached hydrogens (tertiary/aromatic N) is 2. The van der Waals surface area contributed by atoms with Crippen molar-refractivity contribution in [3.8, 4) is 0 Å². The average molecular weight is 299 g/mol. The molecule has 0 radical (unpaired) electrons. The number of halogens is 1. The van der Waals surface area contributed by atoms with E-state index in [9.17, 15) is 0 Å². The van der Waals surface area contributed by atoms with Gasteiger partial charge in [0.1, 0.15) is 0 Å². The lowest BCUT2D eigenvalue weighted by atomic mass is 10.2. The smallest absolute Gasteiger partial charge is 0.185 e. The number of hydrazine groups is 1. The maximum atomic E-state index is 6.09. The number of piperazine rings is 1. The maximum absolute atomic E-state index is 6.09. The predicted octanol–water partition coefficient (Wildman–Crippen LogP) is 2.10. The molecule has 0 amide bonds. The van der Waals surface area contributed by atoms with E-state index in [2.05, 4.69) is 27.7 Å². The molecule has 0 unspecified atom stereocenters. The Balaban J connectivity index is 1.85.